The van der Waals surface area contributed by atoms with E-state index >= 15 is 0 Å². The molecule has 0 radical (unpaired) electrons. The molecule has 4 rings (SSSR count). The number of para-hydroxylation sites is 1. The Balaban J connectivity index is 1.33. The maximum Gasteiger partial charge on any atom is 0.339 e. The third kappa shape index (κ3) is 6.87. The molecule has 1 fully saturated rings. The largest absolute Gasteiger partial charge is 0.492 e. The summed E-state index contributed by atoms with van der Waals surface area (Å²) >= 11 is 5.80. The number of hydrogen-bond donors (Lipinski definition) is 1. The Morgan fingerprint density at radius 2 is 1.89 bits per heavy atom. The number of aromatic nitrogens is 2. The quantitative estimate of drug-likeness (QED) is 0.399. The lowest BCUT2D eigenvalue weighted by Crippen LogP contribution is -2.48. The third-order valence-electron chi connectivity index (χ3n) is 6.21. The van der Waals surface area contributed by atoms with E-state index in [1.165, 1.54) is 30.0 Å². The van der Waals surface area contributed by atoms with Crippen LogP contribution in [0.15, 0.2) is 48.7 Å². The number of anilines is 1. The van der Waals surface area contributed by atoms with Crippen molar-refractivity contribution in [3.63, 3.8) is 0 Å². The Bertz CT molecular complexity index is 1230. The van der Waals surface area contributed by atoms with Gasteiger partial charge in [-0.05, 0) is 29.7 Å². The minimum absolute atomic E-state index is 0.0468. The Morgan fingerprint density at radius 1 is 1.14 bits per heavy atom. The molecule has 0 spiro atoms. The second kappa shape index (κ2) is 12.2. The topological polar surface area (TPSA) is 88.0 Å². The molecule has 0 bridgehead atoms. The van der Waals surface area contributed by atoms with Crippen molar-refractivity contribution in [2.24, 2.45) is 0 Å². The average Bonchev–Trinajstić information content (AvgIpc) is 2.89. The highest BCUT2D eigenvalue weighted by molar-refractivity contribution is 6.30. The summed E-state index contributed by atoms with van der Waals surface area (Å²) in [4.78, 5) is 24.8. The summed E-state index contributed by atoms with van der Waals surface area (Å²) in [6.07, 6.45) is 1.30. The second-order valence-electron chi connectivity index (χ2n) is 9.07. The lowest BCUT2D eigenvalue weighted by molar-refractivity contribution is 0.0692. The van der Waals surface area contributed by atoms with Gasteiger partial charge in [-0.2, -0.15) is 0 Å². The van der Waals surface area contributed by atoms with Crippen LogP contribution in [0.3, 0.4) is 0 Å². The van der Waals surface area contributed by atoms with Crippen LogP contribution in [0, 0.1) is 5.82 Å². The number of hydrogen-bond acceptors (Lipinski definition) is 7. The zero-order valence-corrected chi connectivity index (χ0v) is 21.6. The molecule has 1 aromatic heterocycles. The normalized spacial score (nSPS) is 14.1. The van der Waals surface area contributed by atoms with Gasteiger partial charge in [0.05, 0.1) is 10.7 Å². The molecule has 2 heterocycles. The molecule has 3 aromatic rings. The first kappa shape index (κ1) is 26.6. The molecule has 0 amide bonds. The summed E-state index contributed by atoms with van der Waals surface area (Å²) in [6, 6.07) is 12.1. The van der Waals surface area contributed by atoms with Gasteiger partial charge in [0.1, 0.15) is 36.1 Å². The SMILES string of the molecule is CC(C)c1ccccc1OCCN1CCN(c2ncc(C(=O)O)c(COc3ccc(F)c(Cl)c3)n2)CC1. The van der Waals surface area contributed by atoms with E-state index in [-0.39, 0.29) is 22.9 Å². The Morgan fingerprint density at radius 3 is 2.59 bits per heavy atom. The monoisotopic (exact) mass is 528 g/mol. The fourth-order valence-corrected chi connectivity index (χ4v) is 4.28. The van der Waals surface area contributed by atoms with E-state index in [1.54, 1.807) is 0 Å². The average molecular weight is 529 g/mol. The molecule has 0 saturated carbocycles. The highest BCUT2D eigenvalue weighted by Crippen LogP contribution is 2.26. The first-order valence-electron chi connectivity index (χ1n) is 12.2. The van der Waals surface area contributed by atoms with Crippen LogP contribution in [0.4, 0.5) is 10.3 Å². The van der Waals surface area contributed by atoms with Crippen molar-refractivity contribution in [1.29, 1.82) is 0 Å². The molecule has 0 atom stereocenters. The Kier molecular flexibility index (Phi) is 8.78. The van der Waals surface area contributed by atoms with Crippen LogP contribution in [-0.4, -0.2) is 65.3 Å². The van der Waals surface area contributed by atoms with E-state index in [0.29, 0.717) is 37.3 Å². The van der Waals surface area contributed by atoms with Crippen molar-refractivity contribution in [1.82, 2.24) is 14.9 Å². The van der Waals surface area contributed by atoms with Gasteiger partial charge in [0, 0.05) is 45.0 Å². The van der Waals surface area contributed by atoms with Crippen molar-refractivity contribution < 1.29 is 23.8 Å². The fourth-order valence-electron chi connectivity index (χ4n) is 4.11. The van der Waals surface area contributed by atoms with Crippen LogP contribution in [0.5, 0.6) is 11.5 Å². The van der Waals surface area contributed by atoms with E-state index in [1.807, 2.05) is 23.1 Å². The first-order chi connectivity index (χ1) is 17.8. The smallest absolute Gasteiger partial charge is 0.339 e. The van der Waals surface area contributed by atoms with Crippen LogP contribution in [0.1, 0.15) is 41.4 Å². The van der Waals surface area contributed by atoms with E-state index < -0.39 is 11.8 Å². The summed E-state index contributed by atoms with van der Waals surface area (Å²) in [5.74, 6) is 0.385. The van der Waals surface area contributed by atoms with E-state index in [2.05, 4.69) is 34.8 Å². The Hall–Kier alpha value is -3.43. The molecule has 2 aromatic carbocycles. The molecule has 196 valence electrons. The standard InChI is InChI=1S/C27H30ClFN4O4/c1-18(2)20-5-3-4-6-25(20)36-14-13-32-9-11-33(12-10-32)27-30-16-21(26(34)35)24(31-27)17-37-19-7-8-23(29)22(28)15-19/h3-8,15-16,18H,9-14,17H2,1-2H3,(H,34,35). The van der Waals surface area contributed by atoms with Crippen LogP contribution < -0.4 is 14.4 Å². The predicted molar refractivity (Wildman–Crippen MR) is 139 cm³/mol. The van der Waals surface area contributed by atoms with Crippen molar-refractivity contribution >= 4 is 23.5 Å². The molecule has 37 heavy (non-hydrogen) atoms. The number of piperazine rings is 1. The lowest BCUT2D eigenvalue weighted by atomic mass is 10.0. The number of carboxylic acids is 1. The molecule has 0 unspecified atom stereocenters. The van der Waals surface area contributed by atoms with Gasteiger partial charge < -0.3 is 19.5 Å². The van der Waals surface area contributed by atoms with Gasteiger partial charge >= 0.3 is 5.97 Å². The van der Waals surface area contributed by atoms with Crippen molar-refractivity contribution in [2.75, 3.05) is 44.2 Å². The predicted octanol–water partition coefficient (Wildman–Crippen LogP) is 4.87. The molecular weight excluding hydrogens is 499 g/mol. The molecule has 1 saturated heterocycles. The molecule has 0 aliphatic carbocycles. The van der Waals surface area contributed by atoms with Gasteiger partial charge in [-0.1, -0.05) is 43.6 Å². The first-order valence-corrected chi connectivity index (χ1v) is 12.6. The summed E-state index contributed by atoms with van der Waals surface area (Å²) in [6.45, 7) is 8.60. The number of ether oxygens (including phenoxy) is 2. The van der Waals surface area contributed by atoms with Gasteiger partial charge in [-0.15, -0.1) is 0 Å². The zero-order chi connectivity index (χ0) is 26.4. The lowest BCUT2D eigenvalue weighted by Gasteiger charge is -2.34. The number of halogens is 2. The van der Waals surface area contributed by atoms with Crippen LogP contribution in [0.25, 0.3) is 0 Å². The summed E-state index contributed by atoms with van der Waals surface area (Å²) in [5.41, 5.74) is 1.39. The van der Waals surface area contributed by atoms with E-state index in [9.17, 15) is 14.3 Å². The summed E-state index contributed by atoms with van der Waals surface area (Å²) in [5, 5.41) is 9.48. The van der Waals surface area contributed by atoms with Gasteiger partial charge in [0.25, 0.3) is 0 Å². The highest BCUT2D eigenvalue weighted by atomic mass is 35.5. The zero-order valence-electron chi connectivity index (χ0n) is 20.9. The van der Waals surface area contributed by atoms with Crippen LogP contribution in [0.2, 0.25) is 5.02 Å². The second-order valence-corrected chi connectivity index (χ2v) is 9.48. The molecular formula is C27H30ClFN4O4. The number of nitrogens with zero attached hydrogens (tertiary/aromatic N) is 4. The van der Waals surface area contributed by atoms with E-state index in [0.717, 1.165) is 25.4 Å². The molecule has 1 aliphatic heterocycles. The van der Waals surface area contributed by atoms with Crippen molar-refractivity contribution in [2.45, 2.75) is 26.4 Å². The van der Waals surface area contributed by atoms with Crippen LogP contribution >= 0.6 is 11.6 Å². The number of carboxylic acid groups (broad SMARTS) is 1. The Labute approximate surface area is 220 Å². The van der Waals surface area contributed by atoms with Crippen LogP contribution in [-0.2, 0) is 6.61 Å². The van der Waals surface area contributed by atoms with E-state index in [4.69, 9.17) is 21.1 Å². The fraction of sp³-hybridized carbons (Fsp3) is 0.370. The maximum absolute atomic E-state index is 13.4. The highest BCUT2D eigenvalue weighted by Gasteiger charge is 2.22. The van der Waals surface area contributed by atoms with Crippen molar-refractivity contribution in [3.8, 4) is 11.5 Å². The minimum atomic E-state index is -1.15. The van der Waals surface area contributed by atoms with Crippen molar-refractivity contribution in [3.05, 3.63) is 76.3 Å². The van der Waals surface area contributed by atoms with Gasteiger partial charge in [-0.25, -0.2) is 19.2 Å². The molecule has 8 nitrogen and oxygen atoms in total. The molecule has 1 N–H and O–H groups in total. The van der Waals surface area contributed by atoms with Gasteiger partial charge in [0.15, 0.2) is 0 Å². The minimum Gasteiger partial charge on any atom is -0.492 e. The van der Waals surface area contributed by atoms with Gasteiger partial charge in [-0.3, -0.25) is 4.90 Å². The third-order valence-corrected chi connectivity index (χ3v) is 6.50. The van der Waals surface area contributed by atoms with Gasteiger partial charge in [0.2, 0.25) is 5.95 Å². The number of aromatic carboxylic acids is 1. The molecule has 10 heteroatoms. The molecule has 1 aliphatic rings. The number of benzene rings is 2. The summed E-state index contributed by atoms with van der Waals surface area (Å²) < 4.78 is 25.1. The summed E-state index contributed by atoms with van der Waals surface area (Å²) in [7, 11) is 0. The number of carbonyl (C=O) groups is 1. The maximum atomic E-state index is 13.4. The number of rotatable bonds is 10.